The summed E-state index contributed by atoms with van der Waals surface area (Å²) in [7, 11) is 3.81. The molecular formula is C12H23ClN6O. The van der Waals surface area contributed by atoms with Gasteiger partial charge in [-0.1, -0.05) is 6.92 Å². The number of halogens is 1. The molecule has 0 fully saturated rings. The molecule has 1 aromatic heterocycles. The molecule has 1 aromatic rings. The molecule has 1 heterocycles. The first-order valence-electron chi connectivity index (χ1n) is 6.59. The Morgan fingerprint density at radius 2 is 1.80 bits per heavy atom. The third-order valence-electron chi connectivity index (χ3n) is 2.43. The molecule has 0 saturated heterocycles. The van der Waals surface area contributed by atoms with Gasteiger partial charge in [-0.3, -0.25) is 0 Å². The minimum absolute atomic E-state index is 0.119. The maximum atomic E-state index is 10.2. The highest BCUT2D eigenvalue weighted by Gasteiger charge is 2.21. The first-order chi connectivity index (χ1) is 9.32. The molecule has 0 amide bonds. The number of hydrogen-bond acceptors (Lipinski definition) is 7. The normalized spacial score (nSPS) is 14.2. The predicted molar refractivity (Wildman–Crippen MR) is 81.3 cm³/mol. The van der Waals surface area contributed by atoms with Crippen molar-refractivity contribution in [2.24, 2.45) is 0 Å². The smallest absolute Gasteiger partial charge is 0.228 e. The highest BCUT2D eigenvalue weighted by atomic mass is 35.5. The maximum Gasteiger partial charge on any atom is 0.228 e. The Labute approximate surface area is 124 Å². The van der Waals surface area contributed by atoms with Crippen LogP contribution in [0.15, 0.2) is 0 Å². The van der Waals surface area contributed by atoms with Crippen molar-refractivity contribution in [1.29, 1.82) is 0 Å². The van der Waals surface area contributed by atoms with Gasteiger partial charge in [-0.15, -0.1) is 0 Å². The lowest BCUT2D eigenvalue weighted by atomic mass is 10.1. The van der Waals surface area contributed by atoms with E-state index >= 15 is 0 Å². The fourth-order valence-electron chi connectivity index (χ4n) is 1.75. The summed E-state index contributed by atoms with van der Waals surface area (Å²) in [6, 6.07) is 0. The van der Waals surface area contributed by atoms with Crippen molar-refractivity contribution in [3.8, 4) is 0 Å². The van der Waals surface area contributed by atoms with Crippen molar-refractivity contribution < 1.29 is 5.11 Å². The number of anilines is 2. The Balaban J connectivity index is 2.65. The monoisotopic (exact) mass is 302 g/mol. The van der Waals surface area contributed by atoms with E-state index in [1.54, 1.807) is 6.92 Å². The number of aliphatic hydroxyl groups is 1. The van der Waals surface area contributed by atoms with Gasteiger partial charge in [0.1, 0.15) is 0 Å². The van der Waals surface area contributed by atoms with Crippen molar-refractivity contribution >= 4 is 23.5 Å². The van der Waals surface area contributed by atoms with Crippen LogP contribution in [0.2, 0.25) is 5.28 Å². The van der Waals surface area contributed by atoms with Crippen LogP contribution in [-0.2, 0) is 0 Å². The zero-order chi connectivity index (χ0) is 15.2. The van der Waals surface area contributed by atoms with E-state index in [2.05, 4.69) is 25.6 Å². The molecule has 0 aliphatic rings. The van der Waals surface area contributed by atoms with Crippen LogP contribution in [0.5, 0.6) is 0 Å². The lowest BCUT2D eigenvalue weighted by Crippen LogP contribution is -2.43. The van der Waals surface area contributed by atoms with Crippen LogP contribution in [0, 0.1) is 0 Å². The molecule has 1 unspecified atom stereocenters. The lowest BCUT2D eigenvalue weighted by molar-refractivity contribution is 0.0458. The fraction of sp³-hybridized carbons (Fsp3) is 0.750. The van der Waals surface area contributed by atoms with E-state index in [0.29, 0.717) is 25.0 Å². The van der Waals surface area contributed by atoms with Gasteiger partial charge in [0.05, 0.1) is 5.60 Å². The van der Waals surface area contributed by atoms with E-state index in [9.17, 15) is 5.11 Å². The molecule has 7 nitrogen and oxygen atoms in total. The van der Waals surface area contributed by atoms with Crippen molar-refractivity contribution in [2.45, 2.75) is 25.9 Å². The molecule has 114 valence electrons. The largest absolute Gasteiger partial charge is 0.387 e. The quantitative estimate of drug-likeness (QED) is 0.662. The van der Waals surface area contributed by atoms with Gasteiger partial charge >= 0.3 is 0 Å². The van der Waals surface area contributed by atoms with E-state index in [0.717, 1.165) is 13.0 Å². The Bertz CT molecular complexity index is 426. The molecule has 0 aromatic carbocycles. The van der Waals surface area contributed by atoms with Gasteiger partial charge in [0.25, 0.3) is 0 Å². The number of rotatable bonds is 8. The molecule has 0 radical (unpaired) electrons. The number of likely N-dealkylation sites (N-methyl/N-ethyl adjacent to an activating group) is 1. The molecule has 20 heavy (non-hydrogen) atoms. The topological polar surface area (TPSA) is 86.2 Å². The fourth-order valence-corrected chi connectivity index (χ4v) is 1.91. The van der Waals surface area contributed by atoms with Gasteiger partial charge < -0.3 is 20.6 Å². The van der Waals surface area contributed by atoms with Crippen LogP contribution in [0.25, 0.3) is 0 Å². The van der Waals surface area contributed by atoms with E-state index in [1.807, 2.05) is 25.9 Å². The molecule has 0 aliphatic carbocycles. The van der Waals surface area contributed by atoms with Gasteiger partial charge in [-0.05, 0) is 39.0 Å². The van der Waals surface area contributed by atoms with Crippen LogP contribution in [0.4, 0.5) is 11.9 Å². The second-order valence-electron chi connectivity index (χ2n) is 5.27. The number of aromatic nitrogens is 3. The average Bonchev–Trinajstić information content (AvgIpc) is 2.32. The molecule has 1 rings (SSSR count). The van der Waals surface area contributed by atoms with Crippen molar-refractivity contribution in [3.05, 3.63) is 5.28 Å². The predicted octanol–water partition coefficient (Wildman–Crippen LogP) is 1.07. The molecule has 0 saturated carbocycles. The standard InChI is InChI=1S/C12H23ClN6O/c1-5-6-14-10-16-9(13)17-11(18-10)15-7-12(2,20)8-19(3)4/h20H,5-8H2,1-4H3,(H2,14,15,16,17,18). The van der Waals surface area contributed by atoms with Gasteiger partial charge in [-0.2, -0.15) is 15.0 Å². The SMILES string of the molecule is CCCNc1nc(Cl)nc(NCC(C)(O)CN(C)C)n1. The lowest BCUT2D eigenvalue weighted by Gasteiger charge is -2.27. The number of nitrogens with one attached hydrogen (secondary N) is 2. The van der Waals surface area contributed by atoms with Gasteiger partial charge in [0.15, 0.2) is 0 Å². The Hall–Kier alpha value is -1.18. The Morgan fingerprint density at radius 3 is 2.35 bits per heavy atom. The summed E-state index contributed by atoms with van der Waals surface area (Å²) in [4.78, 5) is 14.1. The summed E-state index contributed by atoms with van der Waals surface area (Å²) in [5, 5.41) is 16.4. The van der Waals surface area contributed by atoms with Crippen LogP contribution in [0.1, 0.15) is 20.3 Å². The third-order valence-corrected chi connectivity index (χ3v) is 2.59. The second kappa shape index (κ2) is 7.56. The van der Waals surface area contributed by atoms with Crippen LogP contribution < -0.4 is 10.6 Å². The van der Waals surface area contributed by atoms with Crippen LogP contribution >= 0.6 is 11.6 Å². The molecule has 0 bridgehead atoms. The van der Waals surface area contributed by atoms with Gasteiger partial charge in [-0.25, -0.2) is 0 Å². The summed E-state index contributed by atoms with van der Waals surface area (Å²) in [6.45, 7) is 5.41. The van der Waals surface area contributed by atoms with Gasteiger partial charge in [0.2, 0.25) is 17.2 Å². The minimum atomic E-state index is -0.889. The third kappa shape index (κ3) is 6.31. The van der Waals surface area contributed by atoms with Crippen LogP contribution in [-0.4, -0.2) is 64.3 Å². The van der Waals surface area contributed by atoms with E-state index in [-0.39, 0.29) is 5.28 Å². The first-order valence-corrected chi connectivity index (χ1v) is 6.96. The van der Waals surface area contributed by atoms with Crippen molar-refractivity contribution in [2.75, 3.05) is 44.4 Å². The van der Waals surface area contributed by atoms with Crippen LogP contribution in [0.3, 0.4) is 0 Å². The van der Waals surface area contributed by atoms with Crippen molar-refractivity contribution in [1.82, 2.24) is 19.9 Å². The summed E-state index contributed by atoms with van der Waals surface area (Å²) in [5.74, 6) is 0.782. The summed E-state index contributed by atoms with van der Waals surface area (Å²) in [5.41, 5.74) is -0.889. The molecular weight excluding hydrogens is 280 g/mol. The van der Waals surface area contributed by atoms with Crippen molar-refractivity contribution in [3.63, 3.8) is 0 Å². The Kier molecular flexibility index (Phi) is 6.38. The van der Waals surface area contributed by atoms with E-state index in [1.165, 1.54) is 0 Å². The summed E-state index contributed by atoms with van der Waals surface area (Å²) < 4.78 is 0. The average molecular weight is 303 g/mol. The molecule has 0 spiro atoms. The summed E-state index contributed by atoms with van der Waals surface area (Å²) in [6.07, 6.45) is 0.962. The zero-order valence-electron chi connectivity index (χ0n) is 12.4. The maximum absolute atomic E-state index is 10.2. The Morgan fingerprint density at radius 1 is 1.20 bits per heavy atom. The molecule has 8 heteroatoms. The highest BCUT2D eigenvalue weighted by Crippen LogP contribution is 2.11. The van der Waals surface area contributed by atoms with E-state index in [4.69, 9.17) is 11.6 Å². The molecule has 0 aliphatic heterocycles. The van der Waals surface area contributed by atoms with Gasteiger partial charge in [0, 0.05) is 19.6 Å². The minimum Gasteiger partial charge on any atom is -0.387 e. The second-order valence-corrected chi connectivity index (χ2v) is 5.60. The number of nitrogens with zero attached hydrogens (tertiary/aromatic N) is 4. The van der Waals surface area contributed by atoms with E-state index < -0.39 is 5.60 Å². The zero-order valence-corrected chi connectivity index (χ0v) is 13.2. The molecule has 3 N–H and O–H groups in total. The first kappa shape index (κ1) is 16.9. The molecule has 1 atom stereocenters. The summed E-state index contributed by atoms with van der Waals surface area (Å²) >= 11 is 5.85. The number of hydrogen-bond donors (Lipinski definition) is 3. The highest BCUT2D eigenvalue weighted by molar-refractivity contribution is 6.28.